The number of hydrogen-bond acceptors (Lipinski definition) is 3. The van der Waals surface area contributed by atoms with E-state index in [-0.39, 0.29) is 36.4 Å². The fourth-order valence-corrected chi connectivity index (χ4v) is 4.02. The molecule has 0 spiro atoms. The van der Waals surface area contributed by atoms with E-state index in [0.29, 0.717) is 13.2 Å². The fourth-order valence-electron chi connectivity index (χ4n) is 3.76. The van der Waals surface area contributed by atoms with Gasteiger partial charge in [0.05, 0.1) is 19.2 Å². The van der Waals surface area contributed by atoms with Gasteiger partial charge in [-0.2, -0.15) is 0 Å². The van der Waals surface area contributed by atoms with Crippen molar-refractivity contribution < 1.29 is 14.3 Å². The first-order chi connectivity index (χ1) is 12.1. The highest BCUT2D eigenvalue weighted by atomic mass is 79.9. The maximum atomic E-state index is 12.6. The second-order valence-corrected chi connectivity index (χ2v) is 7.79. The first-order valence-corrected chi connectivity index (χ1v) is 9.80. The lowest BCUT2D eigenvalue weighted by molar-refractivity contribution is -0.146. The molecule has 6 heteroatoms. The first-order valence-electron chi connectivity index (χ1n) is 9.00. The summed E-state index contributed by atoms with van der Waals surface area (Å²) >= 11 is 3.44. The van der Waals surface area contributed by atoms with E-state index in [4.69, 9.17) is 4.74 Å². The van der Waals surface area contributed by atoms with Crippen molar-refractivity contribution in [3.63, 3.8) is 0 Å². The van der Waals surface area contributed by atoms with E-state index in [2.05, 4.69) is 21.2 Å². The van der Waals surface area contributed by atoms with Crippen LogP contribution < -0.4 is 5.32 Å². The Balaban J connectivity index is 1.58. The Kier molecular flexibility index (Phi) is 6.12. The molecule has 2 atom stereocenters. The zero-order chi connectivity index (χ0) is 17.8. The minimum Gasteiger partial charge on any atom is -0.370 e. The Morgan fingerprint density at radius 3 is 2.60 bits per heavy atom. The summed E-state index contributed by atoms with van der Waals surface area (Å²) in [6.45, 7) is 3.15. The molecular formula is C19H25BrN2O3. The summed E-state index contributed by atoms with van der Waals surface area (Å²) in [5.74, 6) is 0.0749. The quantitative estimate of drug-likeness (QED) is 0.832. The van der Waals surface area contributed by atoms with E-state index in [1.54, 1.807) is 0 Å². The predicted octanol–water partition coefficient (Wildman–Crippen LogP) is 3.04. The van der Waals surface area contributed by atoms with Crippen molar-refractivity contribution in [1.29, 1.82) is 0 Å². The Labute approximate surface area is 157 Å². The van der Waals surface area contributed by atoms with Gasteiger partial charge in [-0.25, -0.2) is 0 Å². The summed E-state index contributed by atoms with van der Waals surface area (Å²) in [6.07, 6.45) is 3.97. The number of ether oxygens (including phenoxy) is 1. The van der Waals surface area contributed by atoms with Gasteiger partial charge in [-0.3, -0.25) is 9.59 Å². The second-order valence-electron chi connectivity index (χ2n) is 6.87. The smallest absolute Gasteiger partial charge is 0.242 e. The SMILES string of the molecule is C[C@H]1[C@H](c2ccc(Br)cc2)OCCN1C(=O)CNC(=O)C1CCCC1. The van der Waals surface area contributed by atoms with Crippen LogP contribution in [0.1, 0.15) is 44.3 Å². The van der Waals surface area contributed by atoms with Gasteiger partial charge in [-0.05, 0) is 37.5 Å². The molecule has 2 amide bonds. The summed E-state index contributed by atoms with van der Waals surface area (Å²) in [5.41, 5.74) is 1.06. The molecule has 0 aromatic heterocycles. The summed E-state index contributed by atoms with van der Waals surface area (Å²) in [7, 11) is 0. The van der Waals surface area contributed by atoms with Gasteiger partial charge < -0.3 is 15.0 Å². The molecule has 0 bridgehead atoms. The molecule has 3 rings (SSSR count). The molecule has 1 aliphatic heterocycles. The van der Waals surface area contributed by atoms with Crippen LogP contribution in [0.2, 0.25) is 0 Å². The molecule has 0 unspecified atom stereocenters. The van der Waals surface area contributed by atoms with Gasteiger partial charge in [0.15, 0.2) is 0 Å². The lowest BCUT2D eigenvalue weighted by atomic mass is 10.0. The normalized spacial score (nSPS) is 24.3. The largest absolute Gasteiger partial charge is 0.370 e. The number of amides is 2. The standard InChI is InChI=1S/C19H25BrN2O3/c1-13-18(14-6-8-16(20)9-7-14)25-11-10-22(13)17(23)12-21-19(24)15-4-2-3-5-15/h6-9,13,15,18H,2-5,10-12H2,1H3,(H,21,24)/t13-,18+/m0/s1. The molecule has 1 aromatic rings. The molecule has 1 saturated carbocycles. The van der Waals surface area contributed by atoms with Crippen molar-refractivity contribution in [2.24, 2.45) is 5.92 Å². The number of carbonyl (C=O) groups excluding carboxylic acids is 2. The lowest BCUT2D eigenvalue weighted by Gasteiger charge is -2.39. The maximum absolute atomic E-state index is 12.6. The van der Waals surface area contributed by atoms with E-state index in [9.17, 15) is 9.59 Å². The third kappa shape index (κ3) is 4.42. The topological polar surface area (TPSA) is 58.6 Å². The molecule has 0 radical (unpaired) electrons. The van der Waals surface area contributed by atoms with Crippen molar-refractivity contribution in [2.75, 3.05) is 19.7 Å². The number of morpholine rings is 1. The Morgan fingerprint density at radius 1 is 1.24 bits per heavy atom. The zero-order valence-electron chi connectivity index (χ0n) is 14.5. The highest BCUT2D eigenvalue weighted by Gasteiger charge is 2.33. The number of carbonyl (C=O) groups is 2. The number of hydrogen-bond donors (Lipinski definition) is 1. The van der Waals surface area contributed by atoms with Crippen LogP contribution in [0.15, 0.2) is 28.7 Å². The predicted molar refractivity (Wildman–Crippen MR) is 99.0 cm³/mol. The molecule has 5 nitrogen and oxygen atoms in total. The molecule has 2 aliphatic rings. The van der Waals surface area contributed by atoms with E-state index in [0.717, 1.165) is 35.7 Å². The molecule has 136 valence electrons. The summed E-state index contributed by atoms with van der Waals surface area (Å²) in [4.78, 5) is 26.6. The van der Waals surface area contributed by atoms with E-state index in [1.807, 2.05) is 36.1 Å². The number of nitrogens with one attached hydrogen (secondary N) is 1. The highest BCUT2D eigenvalue weighted by molar-refractivity contribution is 9.10. The number of benzene rings is 1. The molecule has 2 fully saturated rings. The Hall–Kier alpha value is -1.40. The summed E-state index contributed by atoms with van der Waals surface area (Å²) < 4.78 is 6.92. The van der Waals surface area contributed by atoms with Crippen LogP contribution in [-0.4, -0.2) is 42.5 Å². The van der Waals surface area contributed by atoms with E-state index < -0.39 is 0 Å². The van der Waals surface area contributed by atoms with Crippen LogP contribution in [0.25, 0.3) is 0 Å². The molecule has 25 heavy (non-hydrogen) atoms. The summed E-state index contributed by atoms with van der Waals surface area (Å²) in [5, 5.41) is 2.83. The molecule has 1 aromatic carbocycles. The van der Waals surface area contributed by atoms with E-state index >= 15 is 0 Å². The van der Waals surface area contributed by atoms with Crippen molar-refractivity contribution >= 4 is 27.7 Å². The average Bonchev–Trinajstić information content (AvgIpc) is 3.15. The molecule has 1 aliphatic carbocycles. The van der Waals surface area contributed by atoms with Gasteiger partial charge in [-0.15, -0.1) is 0 Å². The maximum Gasteiger partial charge on any atom is 0.242 e. The van der Waals surface area contributed by atoms with Gasteiger partial charge in [0, 0.05) is 16.9 Å². The third-order valence-corrected chi connectivity index (χ3v) is 5.75. The lowest BCUT2D eigenvalue weighted by Crippen LogP contribution is -2.52. The van der Waals surface area contributed by atoms with Crippen LogP contribution in [-0.2, 0) is 14.3 Å². The van der Waals surface area contributed by atoms with Crippen molar-refractivity contribution in [1.82, 2.24) is 10.2 Å². The molecule has 1 N–H and O–H groups in total. The van der Waals surface area contributed by atoms with Gasteiger partial charge >= 0.3 is 0 Å². The van der Waals surface area contributed by atoms with Crippen LogP contribution in [0.3, 0.4) is 0 Å². The van der Waals surface area contributed by atoms with Crippen LogP contribution in [0, 0.1) is 5.92 Å². The number of halogens is 1. The zero-order valence-corrected chi connectivity index (χ0v) is 16.1. The average molecular weight is 409 g/mol. The van der Waals surface area contributed by atoms with Gasteiger partial charge in [0.25, 0.3) is 0 Å². The molecular weight excluding hydrogens is 384 g/mol. The van der Waals surface area contributed by atoms with Crippen molar-refractivity contribution in [3.8, 4) is 0 Å². The number of rotatable bonds is 4. The van der Waals surface area contributed by atoms with Crippen LogP contribution in [0.5, 0.6) is 0 Å². The molecule has 1 heterocycles. The number of nitrogens with zero attached hydrogens (tertiary/aromatic N) is 1. The third-order valence-electron chi connectivity index (χ3n) is 5.22. The highest BCUT2D eigenvalue weighted by Crippen LogP contribution is 2.29. The summed E-state index contributed by atoms with van der Waals surface area (Å²) in [6, 6.07) is 7.93. The Bertz CT molecular complexity index is 614. The van der Waals surface area contributed by atoms with E-state index in [1.165, 1.54) is 0 Å². The van der Waals surface area contributed by atoms with Gasteiger partial charge in [-0.1, -0.05) is 40.9 Å². The van der Waals surface area contributed by atoms with Gasteiger partial charge in [0.1, 0.15) is 6.10 Å². The Morgan fingerprint density at radius 2 is 1.92 bits per heavy atom. The molecule has 1 saturated heterocycles. The van der Waals surface area contributed by atoms with Crippen molar-refractivity contribution in [2.45, 2.75) is 44.8 Å². The first kappa shape index (κ1) is 18.4. The van der Waals surface area contributed by atoms with Gasteiger partial charge in [0.2, 0.25) is 11.8 Å². The van der Waals surface area contributed by atoms with Crippen LogP contribution in [0.4, 0.5) is 0 Å². The van der Waals surface area contributed by atoms with Crippen molar-refractivity contribution in [3.05, 3.63) is 34.3 Å². The second kappa shape index (κ2) is 8.32. The fraction of sp³-hybridized carbons (Fsp3) is 0.579. The minimum absolute atomic E-state index is 0.0243. The minimum atomic E-state index is -0.142. The monoisotopic (exact) mass is 408 g/mol. The van der Waals surface area contributed by atoms with Crippen LogP contribution >= 0.6 is 15.9 Å².